The molecule has 5 nitrogen and oxygen atoms in total. The Morgan fingerprint density at radius 3 is 2.80 bits per heavy atom. The Morgan fingerprint density at radius 1 is 1.30 bits per heavy atom. The van der Waals surface area contributed by atoms with Gasteiger partial charge in [0.1, 0.15) is 5.69 Å². The highest BCUT2D eigenvalue weighted by atomic mass is 35.5. The lowest BCUT2D eigenvalue weighted by molar-refractivity contribution is 0.318. The van der Waals surface area contributed by atoms with Crippen LogP contribution in [0.4, 0.5) is 5.69 Å². The minimum atomic E-state index is -0.0311. The summed E-state index contributed by atoms with van der Waals surface area (Å²) in [6.07, 6.45) is 1.59. The number of amidine groups is 1. The molecule has 0 atom stereocenters. The van der Waals surface area contributed by atoms with E-state index in [2.05, 4.69) is 15.5 Å². The van der Waals surface area contributed by atoms with E-state index >= 15 is 0 Å². The second kappa shape index (κ2) is 6.45. The molecule has 0 spiro atoms. The lowest BCUT2D eigenvalue weighted by Crippen LogP contribution is -2.15. The number of anilines is 1. The Labute approximate surface area is 126 Å². The monoisotopic (exact) mass is 310 g/mol. The second-order valence-electron chi connectivity index (χ2n) is 4.01. The lowest BCUT2D eigenvalue weighted by Gasteiger charge is -2.09. The zero-order valence-electron chi connectivity index (χ0n) is 10.3. The number of nitrogens with zero attached hydrogens (tertiary/aromatic N) is 2. The summed E-state index contributed by atoms with van der Waals surface area (Å²) in [5.74, 6) is -0.0311. The first-order valence-electron chi connectivity index (χ1n) is 5.72. The zero-order valence-corrected chi connectivity index (χ0v) is 11.9. The predicted octanol–water partition coefficient (Wildman–Crippen LogP) is 3.10. The number of nitrogens with two attached hydrogens (primary N) is 1. The van der Waals surface area contributed by atoms with E-state index in [1.807, 2.05) is 6.07 Å². The highest BCUT2D eigenvalue weighted by Gasteiger charge is 2.04. The summed E-state index contributed by atoms with van der Waals surface area (Å²) in [6, 6.07) is 8.77. The average molecular weight is 311 g/mol. The van der Waals surface area contributed by atoms with Crippen LogP contribution in [0.15, 0.2) is 41.7 Å². The van der Waals surface area contributed by atoms with Crippen LogP contribution in [-0.2, 0) is 6.54 Å². The molecule has 104 valence electrons. The molecule has 0 saturated heterocycles. The molecule has 0 fully saturated rings. The topological polar surface area (TPSA) is 83.5 Å². The van der Waals surface area contributed by atoms with Gasteiger partial charge in [-0.3, -0.25) is 4.98 Å². The number of aromatic nitrogens is 1. The molecule has 2 rings (SSSR count). The van der Waals surface area contributed by atoms with E-state index in [4.69, 9.17) is 34.1 Å². The molecule has 0 radical (unpaired) electrons. The third-order valence-corrected chi connectivity index (χ3v) is 3.16. The highest BCUT2D eigenvalue weighted by molar-refractivity contribution is 6.36. The number of halogens is 2. The zero-order chi connectivity index (χ0) is 14.5. The summed E-state index contributed by atoms with van der Waals surface area (Å²) >= 11 is 11.9. The first-order valence-corrected chi connectivity index (χ1v) is 6.47. The summed E-state index contributed by atoms with van der Waals surface area (Å²) in [5.41, 5.74) is 7.60. The van der Waals surface area contributed by atoms with Gasteiger partial charge >= 0.3 is 0 Å². The summed E-state index contributed by atoms with van der Waals surface area (Å²) in [5, 5.41) is 15.9. The summed E-state index contributed by atoms with van der Waals surface area (Å²) < 4.78 is 0. The van der Waals surface area contributed by atoms with Gasteiger partial charge in [-0.25, -0.2) is 0 Å². The molecule has 0 unspecified atom stereocenters. The third-order valence-electron chi connectivity index (χ3n) is 2.61. The molecule has 0 bridgehead atoms. The predicted molar refractivity (Wildman–Crippen MR) is 80.5 cm³/mol. The molecule has 7 heteroatoms. The fourth-order valence-electron chi connectivity index (χ4n) is 1.61. The van der Waals surface area contributed by atoms with Crippen molar-refractivity contribution in [2.75, 3.05) is 5.32 Å². The summed E-state index contributed by atoms with van der Waals surface area (Å²) in [7, 11) is 0. The third kappa shape index (κ3) is 3.53. The smallest absolute Gasteiger partial charge is 0.188 e. The maximum atomic E-state index is 8.63. The van der Waals surface area contributed by atoms with Crippen LogP contribution >= 0.6 is 23.2 Å². The standard InChI is InChI=1S/C13H12Cl2N4O/c14-9-1-2-11(10(15)6-9)18-7-8-3-4-17-12(5-8)13(16)19-20/h1-6,18,20H,7H2,(H2,16,19). The maximum absolute atomic E-state index is 8.63. The highest BCUT2D eigenvalue weighted by Crippen LogP contribution is 2.25. The number of benzene rings is 1. The van der Waals surface area contributed by atoms with Crippen LogP contribution in [0.25, 0.3) is 0 Å². The molecule has 4 N–H and O–H groups in total. The molecular formula is C13H12Cl2N4O. The van der Waals surface area contributed by atoms with Gasteiger partial charge in [-0.1, -0.05) is 28.4 Å². The van der Waals surface area contributed by atoms with Crippen LogP contribution in [-0.4, -0.2) is 16.0 Å². The number of oxime groups is 1. The molecule has 0 amide bonds. The number of rotatable bonds is 4. The van der Waals surface area contributed by atoms with Crippen LogP contribution in [0.1, 0.15) is 11.3 Å². The van der Waals surface area contributed by atoms with Gasteiger partial charge in [-0.15, -0.1) is 0 Å². The molecule has 20 heavy (non-hydrogen) atoms. The largest absolute Gasteiger partial charge is 0.409 e. The van der Waals surface area contributed by atoms with Gasteiger partial charge in [0.15, 0.2) is 5.84 Å². The van der Waals surface area contributed by atoms with E-state index in [1.165, 1.54) is 0 Å². The van der Waals surface area contributed by atoms with Crippen LogP contribution in [0.3, 0.4) is 0 Å². The molecular weight excluding hydrogens is 299 g/mol. The fraction of sp³-hybridized carbons (Fsp3) is 0.0769. The minimum Gasteiger partial charge on any atom is -0.409 e. The van der Waals surface area contributed by atoms with Crippen LogP contribution in [0.5, 0.6) is 0 Å². The SMILES string of the molecule is NC(=NO)c1cc(CNc2ccc(Cl)cc2Cl)ccn1. The van der Waals surface area contributed by atoms with Crippen LogP contribution in [0.2, 0.25) is 10.0 Å². The van der Waals surface area contributed by atoms with Crippen molar-refractivity contribution in [1.82, 2.24) is 4.98 Å². The van der Waals surface area contributed by atoms with Crippen molar-refractivity contribution in [2.45, 2.75) is 6.54 Å². The first-order chi connectivity index (χ1) is 9.60. The molecule has 0 aliphatic carbocycles. The minimum absolute atomic E-state index is 0.0311. The normalized spacial score (nSPS) is 11.4. The van der Waals surface area contributed by atoms with E-state index in [0.717, 1.165) is 11.3 Å². The number of nitrogens with one attached hydrogen (secondary N) is 1. The molecule has 1 aromatic heterocycles. The Kier molecular flexibility index (Phi) is 4.65. The van der Waals surface area contributed by atoms with Crippen molar-refractivity contribution in [3.8, 4) is 0 Å². The van der Waals surface area contributed by atoms with Crippen molar-refractivity contribution in [3.05, 3.63) is 57.8 Å². The van der Waals surface area contributed by atoms with E-state index in [9.17, 15) is 0 Å². The maximum Gasteiger partial charge on any atom is 0.188 e. The van der Waals surface area contributed by atoms with Crippen molar-refractivity contribution in [2.24, 2.45) is 10.9 Å². The average Bonchev–Trinajstić information content (AvgIpc) is 2.46. The van der Waals surface area contributed by atoms with E-state index < -0.39 is 0 Å². The van der Waals surface area contributed by atoms with Gasteiger partial charge in [0, 0.05) is 17.8 Å². The molecule has 1 aromatic carbocycles. The molecule has 0 saturated carbocycles. The fourth-order valence-corrected chi connectivity index (χ4v) is 2.08. The van der Waals surface area contributed by atoms with Crippen molar-refractivity contribution in [3.63, 3.8) is 0 Å². The van der Waals surface area contributed by atoms with Gasteiger partial charge in [0.05, 0.1) is 10.7 Å². The second-order valence-corrected chi connectivity index (χ2v) is 4.86. The van der Waals surface area contributed by atoms with E-state index in [1.54, 1.807) is 30.5 Å². The van der Waals surface area contributed by atoms with Crippen LogP contribution in [0, 0.1) is 0 Å². The van der Waals surface area contributed by atoms with Crippen molar-refractivity contribution < 1.29 is 5.21 Å². The van der Waals surface area contributed by atoms with E-state index in [0.29, 0.717) is 22.3 Å². The number of pyridine rings is 1. The molecule has 2 aromatic rings. The summed E-state index contributed by atoms with van der Waals surface area (Å²) in [4.78, 5) is 4.01. The Morgan fingerprint density at radius 2 is 2.10 bits per heavy atom. The van der Waals surface area contributed by atoms with Gasteiger partial charge in [0.25, 0.3) is 0 Å². The molecule has 1 heterocycles. The van der Waals surface area contributed by atoms with Crippen molar-refractivity contribution in [1.29, 1.82) is 0 Å². The number of hydrogen-bond donors (Lipinski definition) is 3. The van der Waals surface area contributed by atoms with E-state index in [-0.39, 0.29) is 5.84 Å². The molecule has 0 aliphatic rings. The first kappa shape index (κ1) is 14.4. The van der Waals surface area contributed by atoms with Gasteiger partial charge in [-0.2, -0.15) is 0 Å². The van der Waals surface area contributed by atoms with Crippen molar-refractivity contribution >= 4 is 34.7 Å². The molecule has 0 aliphatic heterocycles. The Hall–Kier alpha value is -1.98. The number of hydrogen-bond acceptors (Lipinski definition) is 4. The van der Waals surface area contributed by atoms with Gasteiger partial charge in [0.2, 0.25) is 0 Å². The van der Waals surface area contributed by atoms with Gasteiger partial charge in [-0.05, 0) is 35.9 Å². The lowest BCUT2D eigenvalue weighted by atomic mass is 10.2. The van der Waals surface area contributed by atoms with Crippen LogP contribution < -0.4 is 11.1 Å². The Balaban J connectivity index is 2.11. The quantitative estimate of drug-likeness (QED) is 0.351. The summed E-state index contributed by atoms with van der Waals surface area (Å²) in [6.45, 7) is 0.523. The Bertz CT molecular complexity index is 646. The van der Waals surface area contributed by atoms with Gasteiger partial charge < -0.3 is 16.3 Å².